The minimum atomic E-state index is -0.895. The van der Waals surface area contributed by atoms with Gasteiger partial charge in [-0.05, 0) is 0 Å². The number of carboxylic acids is 1. The zero-order valence-corrected chi connectivity index (χ0v) is 18.9. The fourth-order valence-electron chi connectivity index (χ4n) is 3.13. The molecule has 0 unspecified atom stereocenters. The first-order valence-electron chi connectivity index (χ1n) is 9.13. The van der Waals surface area contributed by atoms with Crippen molar-refractivity contribution >= 4 is 70.9 Å². The Morgan fingerprint density at radius 3 is 2.50 bits per heavy atom. The number of nitrogens with one attached hydrogen (secondary N) is 1. The van der Waals surface area contributed by atoms with Crippen LogP contribution in [0.15, 0.2) is 72.8 Å². The first-order chi connectivity index (χ1) is 14.5. The third-order valence-electron chi connectivity index (χ3n) is 4.44. The molecule has 7 heteroatoms. The van der Waals surface area contributed by atoms with Gasteiger partial charge in [-0.3, -0.25) is 0 Å². The van der Waals surface area contributed by atoms with Crippen molar-refractivity contribution in [2.45, 2.75) is 6.54 Å². The summed E-state index contributed by atoms with van der Waals surface area (Å²) in [5, 5.41) is 14.1. The van der Waals surface area contributed by atoms with Crippen LogP contribution in [-0.2, 0) is 11.3 Å². The molecule has 0 radical (unpaired) electrons. The quantitative estimate of drug-likeness (QED) is 0.282. The van der Waals surface area contributed by atoms with Crippen molar-refractivity contribution in [3.63, 3.8) is 0 Å². The van der Waals surface area contributed by atoms with E-state index in [9.17, 15) is 9.90 Å². The second-order valence-electron chi connectivity index (χ2n) is 6.59. The summed E-state index contributed by atoms with van der Waals surface area (Å²) in [5.74, 6) is -0.895. The summed E-state index contributed by atoms with van der Waals surface area (Å²) in [4.78, 5) is 11.5. The Bertz CT molecular complexity index is 1250. The number of hydrogen-bond acceptors (Lipinski definition) is 2. The molecule has 0 saturated heterocycles. The Hall–Kier alpha value is -2.56. The average molecular weight is 503 g/mol. The minimum absolute atomic E-state index is 0.0502. The molecular weight excluding hydrogens is 486 g/mol. The fourth-order valence-corrected chi connectivity index (χ4v) is 5.77. The van der Waals surface area contributed by atoms with E-state index in [2.05, 4.69) is 5.32 Å². The van der Waals surface area contributed by atoms with Gasteiger partial charge in [0, 0.05) is 0 Å². The van der Waals surface area contributed by atoms with Gasteiger partial charge in [-0.15, -0.1) is 0 Å². The molecule has 30 heavy (non-hydrogen) atoms. The molecule has 0 bridgehead atoms. The van der Waals surface area contributed by atoms with Crippen LogP contribution in [0.25, 0.3) is 21.5 Å². The molecule has 0 spiro atoms. The number of carbonyl (C=O) groups is 1. The van der Waals surface area contributed by atoms with Gasteiger partial charge >= 0.3 is 190 Å². The predicted octanol–water partition coefficient (Wildman–Crippen LogP) is 5.19. The first-order valence-corrected chi connectivity index (χ1v) is 11.6. The molecule has 0 atom stereocenters. The fraction of sp³-hybridized carbons (Fsp3) is 0.0435. The number of fused-ring (bicyclic) bond motifs is 1. The molecule has 4 aromatic rings. The van der Waals surface area contributed by atoms with Crippen LogP contribution in [-0.4, -0.2) is 25.6 Å². The van der Waals surface area contributed by atoms with E-state index in [-0.39, 0.29) is 21.0 Å². The number of rotatable bonds is 6. The summed E-state index contributed by atoms with van der Waals surface area (Å²) in [7, 11) is 0. The van der Waals surface area contributed by atoms with Crippen molar-refractivity contribution in [2.24, 2.45) is 0 Å². The van der Waals surface area contributed by atoms with Gasteiger partial charge in [-0.1, -0.05) is 0 Å². The van der Waals surface area contributed by atoms with Crippen LogP contribution in [0.2, 0.25) is 10.0 Å². The summed E-state index contributed by atoms with van der Waals surface area (Å²) >= 11 is 12.3. The standard InChI is InChI=1S/C23H16Cl2N2O2Se/c24-16-7-4-8-18(11-16)26-19(15-5-2-1-3-6-15)13-22-27(14-23(28)29)20-12-17(25)9-10-21(20)30-22/h1-13H,14H2,(H,28,29)/p+1. The molecule has 0 aliphatic heterocycles. The van der Waals surface area contributed by atoms with E-state index in [1.807, 2.05) is 83.4 Å². The third-order valence-corrected chi connectivity index (χ3v) is 7.25. The average Bonchev–Trinajstić information content (AvgIpc) is 3.04. The van der Waals surface area contributed by atoms with Gasteiger partial charge in [0.1, 0.15) is 0 Å². The maximum atomic E-state index is 11.5. The van der Waals surface area contributed by atoms with Gasteiger partial charge < -0.3 is 0 Å². The predicted molar refractivity (Wildman–Crippen MR) is 123 cm³/mol. The Morgan fingerprint density at radius 2 is 1.77 bits per heavy atom. The van der Waals surface area contributed by atoms with Crippen LogP contribution in [0.3, 0.4) is 0 Å². The summed E-state index contributed by atoms with van der Waals surface area (Å²) in [6.07, 6.45) is 2.02. The molecule has 2 N–H and O–H groups in total. The number of aromatic nitrogens is 1. The number of hydrogen-bond donors (Lipinski definition) is 2. The van der Waals surface area contributed by atoms with Gasteiger partial charge in [0.2, 0.25) is 0 Å². The van der Waals surface area contributed by atoms with E-state index in [1.54, 1.807) is 0 Å². The molecule has 0 fully saturated rings. The van der Waals surface area contributed by atoms with E-state index >= 15 is 0 Å². The number of carboxylic acid groups (broad SMARTS) is 1. The van der Waals surface area contributed by atoms with Crippen molar-refractivity contribution in [3.8, 4) is 0 Å². The number of anilines is 1. The molecule has 3 aromatic carbocycles. The summed E-state index contributed by atoms with van der Waals surface area (Å²) in [6.45, 7) is -0.125. The van der Waals surface area contributed by atoms with Gasteiger partial charge in [-0.2, -0.15) is 0 Å². The molecular formula is C23H17Cl2N2O2Se+. The molecule has 0 saturated carbocycles. The van der Waals surface area contributed by atoms with E-state index in [1.165, 1.54) is 0 Å². The van der Waals surface area contributed by atoms with Gasteiger partial charge in [-0.25, -0.2) is 0 Å². The van der Waals surface area contributed by atoms with E-state index in [0.717, 1.165) is 31.3 Å². The SMILES string of the molecule is O=C(O)C[n+]1c(/C=C(/Nc2cccc(Cl)c2)c2ccccc2)[se]c2ccc(Cl)cc21. The second-order valence-corrected chi connectivity index (χ2v) is 9.69. The van der Waals surface area contributed by atoms with E-state index in [4.69, 9.17) is 23.2 Å². The molecule has 0 amide bonds. The van der Waals surface area contributed by atoms with Crippen molar-refractivity contribution in [3.05, 3.63) is 93.0 Å². The number of nitrogens with zero attached hydrogens (tertiary/aromatic N) is 1. The molecule has 1 heterocycles. The molecule has 1 aromatic heterocycles. The molecule has 150 valence electrons. The number of aliphatic carboxylic acids is 1. The Balaban J connectivity index is 1.87. The normalized spacial score (nSPS) is 11.6. The monoisotopic (exact) mass is 503 g/mol. The summed E-state index contributed by atoms with van der Waals surface area (Å²) in [5.41, 5.74) is 3.56. The Labute approximate surface area is 189 Å². The molecule has 4 rings (SSSR count). The van der Waals surface area contributed by atoms with E-state index < -0.39 is 5.97 Å². The topological polar surface area (TPSA) is 53.2 Å². The van der Waals surface area contributed by atoms with Crippen molar-refractivity contribution in [1.82, 2.24) is 0 Å². The Kier molecular flexibility index (Phi) is 6.26. The van der Waals surface area contributed by atoms with Crippen LogP contribution in [0, 0.1) is 0 Å². The van der Waals surface area contributed by atoms with Crippen LogP contribution in [0.1, 0.15) is 10.1 Å². The van der Waals surface area contributed by atoms with Crippen LogP contribution >= 0.6 is 23.2 Å². The third kappa shape index (κ3) is 4.77. The number of benzene rings is 3. The molecule has 0 aliphatic rings. The molecule has 4 nitrogen and oxygen atoms in total. The number of halogens is 2. The summed E-state index contributed by atoms with van der Waals surface area (Å²) in [6, 6.07) is 23.1. The zero-order chi connectivity index (χ0) is 21.1. The van der Waals surface area contributed by atoms with Crippen molar-refractivity contribution in [2.75, 3.05) is 5.32 Å². The van der Waals surface area contributed by atoms with Gasteiger partial charge in [0.25, 0.3) is 0 Å². The van der Waals surface area contributed by atoms with Crippen LogP contribution in [0.5, 0.6) is 0 Å². The zero-order valence-electron chi connectivity index (χ0n) is 15.7. The van der Waals surface area contributed by atoms with Crippen molar-refractivity contribution < 1.29 is 14.5 Å². The van der Waals surface area contributed by atoms with Gasteiger partial charge in [0.15, 0.2) is 0 Å². The van der Waals surface area contributed by atoms with Crippen LogP contribution < -0.4 is 9.88 Å². The molecule has 0 aliphatic carbocycles. The first kappa shape index (κ1) is 20.7. The van der Waals surface area contributed by atoms with Crippen molar-refractivity contribution in [1.29, 1.82) is 0 Å². The van der Waals surface area contributed by atoms with Crippen LogP contribution in [0.4, 0.5) is 5.69 Å². The second kappa shape index (κ2) is 9.07. The van der Waals surface area contributed by atoms with Gasteiger partial charge in [0.05, 0.1) is 0 Å². The maximum absolute atomic E-state index is 11.5. The summed E-state index contributed by atoms with van der Waals surface area (Å²) < 4.78 is 3.87. The van der Waals surface area contributed by atoms with E-state index in [0.29, 0.717) is 10.0 Å². The Morgan fingerprint density at radius 1 is 1.00 bits per heavy atom.